The van der Waals surface area contributed by atoms with Crippen LogP contribution >= 0.6 is 22.9 Å². The number of imide groups is 1. The van der Waals surface area contributed by atoms with Gasteiger partial charge in [0.15, 0.2) is 5.82 Å². The molecule has 8 heterocycles. The first-order valence-electron chi connectivity index (χ1n) is 25.9. The number of para-hydroxylation sites is 1. The lowest BCUT2D eigenvalue weighted by atomic mass is 9.88. The van der Waals surface area contributed by atoms with Crippen molar-refractivity contribution in [3.8, 4) is 29.0 Å². The number of aromatic hydroxyl groups is 1. The van der Waals surface area contributed by atoms with E-state index in [1.165, 1.54) is 6.07 Å². The molecule has 3 amide bonds. The number of anilines is 3. The van der Waals surface area contributed by atoms with Crippen LogP contribution in [0.15, 0.2) is 53.5 Å². The summed E-state index contributed by atoms with van der Waals surface area (Å²) in [4.78, 5) is 69.4. The molecule has 406 valence electrons. The lowest BCUT2D eigenvalue weighted by Crippen LogP contribution is -2.44. The number of thiophene rings is 1. The Morgan fingerprint density at radius 3 is 2.67 bits per heavy atom. The van der Waals surface area contributed by atoms with Gasteiger partial charge in [0, 0.05) is 49.3 Å². The molecular formula is C54H56ClF2N13O7S. The number of halogens is 3. The lowest BCUT2D eigenvalue weighted by molar-refractivity contribution is -0.135. The van der Waals surface area contributed by atoms with Crippen molar-refractivity contribution < 1.29 is 37.7 Å². The molecule has 11 rings (SSSR count). The van der Waals surface area contributed by atoms with E-state index in [2.05, 4.69) is 40.7 Å². The number of rotatable bonds is 15. The highest BCUT2D eigenvalue weighted by molar-refractivity contribution is 7.23. The fraction of sp³-hybridized carbons (Fsp3) is 0.407. The molecule has 4 fully saturated rings. The van der Waals surface area contributed by atoms with Crippen LogP contribution in [-0.4, -0.2) is 121 Å². The molecule has 4 aliphatic rings. The first kappa shape index (κ1) is 52.6. The molecule has 0 aliphatic carbocycles. The number of fused-ring (bicyclic) bond motifs is 4. The standard InChI is InChI=1S/C54H56ClF2N13O7S/c1-27(30-7-4-16-62-48(30)59)63-50-41-44(43(57)40(42(55)46(41)73)32-9-10-34(56)47-39(32)33(23-58)49(60)78-47)65-52(66-50)77-26-54-15-5-18-69(54)24-29(22-54)76-21-17-61-38(72)25-68-19-13-28(14-20-68)31-6-3-8-35-45(31)70(53(75)67(35)2)36-11-12-37(71)64-51(36)74/h3-4,6-10,16,27-29,36,73H,5,11-15,17-22,24-26,60H2,1-2H3,(H2,59,62)(H,61,72)(H,63,65,66)(H,64,71,74)/t27?,29?,36?,54-/m0/s1. The number of nitrogens with one attached hydrogen (secondary N) is 3. The lowest BCUT2D eigenvalue weighted by Gasteiger charge is -2.32. The predicted molar refractivity (Wildman–Crippen MR) is 290 cm³/mol. The first-order chi connectivity index (χ1) is 37.5. The predicted octanol–water partition coefficient (Wildman–Crippen LogP) is 6.38. The number of nitrogen functional groups attached to an aromatic ring is 2. The van der Waals surface area contributed by atoms with Crippen molar-refractivity contribution in [3.05, 3.63) is 92.5 Å². The van der Waals surface area contributed by atoms with E-state index in [1.807, 2.05) is 24.3 Å². The van der Waals surface area contributed by atoms with Crippen molar-refractivity contribution in [1.82, 2.24) is 44.5 Å². The van der Waals surface area contributed by atoms with Gasteiger partial charge >= 0.3 is 11.7 Å². The number of carbonyl (C=O) groups excluding carboxylic acids is 3. The molecule has 24 heteroatoms. The molecule has 3 unspecified atom stereocenters. The van der Waals surface area contributed by atoms with E-state index >= 15 is 8.78 Å². The van der Waals surface area contributed by atoms with Gasteiger partial charge in [-0.25, -0.2) is 18.6 Å². The summed E-state index contributed by atoms with van der Waals surface area (Å²) in [5.41, 5.74) is 13.9. The molecule has 0 saturated carbocycles. The zero-order chi connectivity index (χ0) is 54.7. The van der Waals surface area contributed by atoms with Crippen molar-refractivity contribution in [2.24, 2.45) is 7.05 Å². The number of nitrogens with two attached hydrogens (primary N) is 2. The average molecular weight is 1100 g/mol. The van der Waals surface area contributed by atoms with E-state index in [4.69, 9.17) is 32.5 Å². The highest BCUT2D eigenvalue weighted by Crippen LogP contribution is 2.50. The minimum atomic E-state index is -0.981. The number of phenols is 1. The van der Waals surface area contributed by atoms with Gasteiger partial charge in [-0.05, 0) is 100 Å². The number of aromatic nitrogens is 5. The largest absolute Gasteiger partial charge is 0.506 e. The van der Waals surface area contributed by atoms with Gasteiger partial charge in [-0.2, -0.15) is 15.2 Å². The molecule has 0 bridgehead atoms. The third-order valence-corrected chi connectivity index (χ3v) is 17.3. The quantitative estimate of drug-likeness (QED) is 0.0480. The number of amides is 3. The van der Waals surface area contributed by atoms with Crippen LogP contribution in [0.1, 0.15) is 86.6 Å². The highest BCUT2D eigenvalue weighted by atomic mass is 35.5. The van der Waals surface area contributed by atoms with Crippen LogP contribution in [0.5, 0.6) is 11.8 Å². The number of nitriles is 1. The van der Waals surface area contributed by atoms with Gasteiger partial charge in [0.2, 0.25) is 17.7 Å². The fourth-order valence-electron chi connectivity index (χ4n) is 12.1. The number of piperidine rings is 2. The zero-order valence-electron chi connectivity index (χ0n) is 42.7. The number of nitrogens with zero attached hydrogens (tertiary/aromatic N) is 8. The SMILES string of the molecule is CC(Nc1nc(OC[C@@]23CCCN2CC(OCCNC(=O)CN2CCC(c4cccc5c4n(C4CCC(=O)NC4=O)c(=O)n5C)CC2)C3)nc2c(F)c(-c3ccc(F)c4sc(N)c(C#N)c34)c(Cl)c(O)c12)c1cccnc1N. The fourth-order valence-corrected chi connectivity index (χ4v) is 13.3. The van der Waals surface area contributed by atoms with Crippen molar-refractivity contribution >= 4 is 89.3 Å². The summed E-state index contributed by atoms with van der Waals surface area (Å²) in [6.07, 6.45) is 5.55. The number of phenolic OH excluding ortho intramolecular Hbond substituents is 1. The number of aryl methyl sites for hydroxylation is 1. The number of imidazole rings is 1. The van der Waals surface area contributed by atoms with Gasteiger partial charge < -0.3 is 36.7 Å². The Morgan fingerprint density at radius 2 is 1.90 bits per heavy atom. The van der Waals surface area contributed by atoms with Gasteiger partial charge in [-0.15, -0.1) is 11.3 Å². The summed E-state index contributed by atoms with van der Waals surface area (Å²) in [6, 6.07) is 12.1. The van der Waals surface area contributed by atoms with E-state index in [0.717, 1.165) is 60.7 Å². The van der Waals surface area contributed by atoms with E-state index < -0.39 is 45.9 Å². The maximum atomic E-state index is 17.4. The Bertz CT molecular complexity index is 3690. The third-order valence-electron chi connectivity index (χ3n) is 15.9. The normalized spacial score (nSPS) is 20.6. The molecular weight excluding hydrogens is 1050 g/mol. The molecule has 20 nitrogen and oxygen atoms in total. The van der Waals surface area contributed by atoms with Gasteiger partial charge in [-0.1, -0.05) is 35.9 Å². The number of pyridine rings is 1. The van der Waals surface area contributed by atoms with Gasteiger partial charge in [-0.3, -0.25) is 38.6 Å². The summed E-state index contributed by atoms with van der Waals surface area (Å²) in [5, 5.41) is 30.0. The van der Waals surface area contributed by atoms with Crippen molar-refractivity contribution in [3.63, 3.8) is 0 Å². The maximum absolute atomic E-state index is 17.4. The van der Waals surface area contributed by atoms with Crippen molar-refractivity contribution in [2.45, 2.75) is 81.5 Å². The molecule has 7 aromatic rings. The minimum absolute atomic E-state index is 0.0145. The van der Waals surface area contributed by atoms with Crippen LogP contribution < -0.4 is 37.8 Å². The Kier molecular flexibility index (Phi) is 14.2. The van der Waals surface area contributed by atoms with E-state index in [1.54, 1.807) is 41.4 Å². The number of hydrogen-bond donors (Lipinski definition) is 6. The smallest absolute Gasteiger partial charge is 0.329 e. The number of benzene rings is 3. The second kappa shape index (κ2) is 21.0. The number of ether oxygens (including phenoxy) is 2. The third kappa shape index (κ3) is 9.37. The molecule has 0 spiro atoms. The molecule has 4 atom stereocenters. The number of likely N-dealkylation sites (tertiary alicyclic amines) is 1. The van der Waals surface area contributed by atoms with E-state index in [-0.39, 0.29) is 122 Å². The monoisotopic (exact) mass is 1100 g/mol. The summed E-state index contributed by atoms with van der Waals surface area (Å²) in [6.45, 7) is 5.43. The van der Waals surface area contributed by atoms with Crippen molar-refractivity contribution in [2.75, 3.05) is 69.3 Å². The van der Waals surface area contributed by atoms with Crippen LogP contribution in [0, 0.1) is 23.0 Å². The summed E-state index contributed by atoms with van der Waals surface area (Å²) in [5.74, 6) is -2.84. The second-order valence-electron chi connectivity index (χ2n) is 20.6. The summed E-state index contributed by atoms with van der Waals surface area (Å²) >= 11 is 7.67. The van der Waals surface area contributed by atoms with Crippen LogP contribution in [-0.2, 0) is 26.2 Å². The second-order valence-corrected chi connectivity index (χ2v) is 22.0. The van der Waals surface area contributed by atoms with Crippen molar-refractivity contribution in [1.29, 1.82) is 5.26 Å². The maximum Gasteiger partial charge on any atom is 0.329 e. The molecule has 4 saturated heterocycles. The Labute approximate surface area is 454 Å². The topological polar surface area (TPSA) is 274 Å². The average Bonchev–Trinajstić information content (AvgIpc) is 4.33. The van der Waals surface area contributed by atoms with Crippen LogP contribution in [0.2, 0.25) is 5.02 Å². The van der Waals surface area contributed by atoms with Crippen LogP contribution in [0.4, 0.5) is 25.4 Å². The number of carbonyl (C=O) groups is 3. The summed E-state index contributed by atoms with van der Waals surface area (Å²) < 4.78 is 48.5. The molecule has 0 radical (unpaired) electrons. The highest BCUT2D eigenvalue weighted by Gasteiger charge is 2.50. The van der Waals surface area contributed by atoms with E-state index in [9.17, 15) is 29.5 Å². The zero-order valence-corrected chi connectivity index (χ0v) is 44.3. The van der Waals surface area contributed by atoms with Crippen LogP contribution in [0.3, 0.4) is 0 Å². The molecule has 3 aromatic carbocycles. The Morgan fingerprint density at radius 1 is 1.09 bits per heavy atom. The minimum Gasteiger partial charge on any atom is -0.506 e. The van der Waals surface area contributed by atoms with Gasteiger partial charge in [0.25, 0.3) is 0 Å². The molecule has 4 aliphatic heterocycles. The molecule has 78 heavy (non-hydrogen) atoms. The number of hydrogen-bond acceptors (Lipinski definition) is 17. The summed E-state index contributed by atoms with van der Waals surface area (Å²) in [7, 11) is 1.69. The van der Waals surface area contributed by atoms with E-state index in [0.29, 0.717) is 43.7 Å². The Balaban J connectivity index is 0.748. The molecule has 8 N–H and O–H groups in total. The van der Waals surface area contributed by atoms with Crippen LogP contribution in [0.25, 0.3) is 43.1 Å². The first-order valence-corrected chi connectivity index (χ1v) is 27.1. The molecule has 4 aromatic heterocycles. The van der Waals surface area contributed by atoms with Gasteiger partial charge in [0.05, 0.1) is 62.5 Å². The van der Waals surface area contributed by atoms with Gasteiger partial charge in [0.1, 0.15) is 52.4 Å². The Hall–Kier alpha value is -7.49.